The van der Waals surface area contributed by atoms with E-state index in [9.17, 15) is 19.0 Å². The first-order chi connectivity index (χ1) is 18.7. The number of oxazole rings is 1. The van der Waals surface area contributed by atoms with Crippen LogP contribution in [0.25, 0.3) is 11.3 Å². The van der Waals surface area contributed by atoms with E-state index in [1.807, 2.05) is 0 Å². The Kier molecular flexibility index (Phi) is 8.74. The third kappa shape index (κ3) is 6.08. The molecule has 5 rings (SSSR count). The Morgan fingerprint density at radius 3 is 2.54 bits per heavy atom. The molecule has 1 fully saturated rings. The Morgan fingerprint density at radius 2 is 1.87 bits per heavy atom. The zero-order chi connectivity index (χ0) is 27.7. The Bertz CT molecular complexity index is 1420. The van der Waals surface area contributed by atoms with Crippen LogP contribution in [-0.4, -0.2) is 60.5 Å². The number of rotatable bonds is 8. The third-order valence-corrected chi connectivity index (χ3v) is 8.21. The van der Waals surface area contributed by atoms with Crippen molar-refractivity contribution in [2.75, 3.05) is 6.61 Å². The van der Waals surface area contributed by atoms with Gasteiger partial charge in [-0.05, 0) is 30.3 Å². The van der Waals surface area contributed by atoms with Crippen molar-refractivity contribution in [3.63, 3.8) is 0 Å². The third-order valence-electron chi connectivity index (χ3n) is 5.97. The summed E-state index contributed by atoms with van der Waals surface area (Å²) in [5.41, 5.74) is -0.106. The summed E-state index contributed by atoms with van der Waals surface area (Å²) in [6.45, 7) is -0.521. The molecule has 2 N–H and O–H groups in total. The summed E-state index contributed by atoms with van der Waals surface area (Å²) in [5.74, 6) is -1.92. The standard InChI is InChI=1S/C24H19Cl3F2N4O5S/c25-14-2-1-13(5-15(14)26)39-24-23(37-9-12-8-36-10-30-12)21(22(35)19(7-34)38-24)33-6-18(31-32-33)11-3-16(28)20(27)17(29)4-11/h1-6,8,10,19,21-24,34-35H,7,9H2. The van der Waals surface area contributed by atoms with Crippen molar-refractivity contribution in [2.24, 2.45) is 0 Å². The van der Waals surface area contributed by atoms with Crippen molar-refractivity contribution >= 4 is 46.6 Å². The minimum atomic E-state index is -1.31. The average molecular weight is 620 g/mol. The molecule has 5 atom stereocenters. The van der Waals surface area contributed by atoms with Gasteiger partial charge in [0.1, 0.15) is 64.1 Å². The van der Waals surface area contributed by atoms with Gasteiger partial charge in [0, 0.05) is 10.5 Å². The highest BCUT2D eigenvalue weighted by Gasteiger charge is 2.48. The van der Waals surface area contributed by atoms with Gasteiger partial charge >= 0.3 is 0 Å². The Balaban J connectivity index is 1.51. The number of benzene rings is 2. The number of aliphatic hydroxyl groups excluding tert-OH is 2. The molecule has 0 aliphatic carbocycles. The monoisotopic (exact) mass is 618 g/mol. The predicted molar refractivity (Wildman–Crippen MR) is 139 cm³/mol. The van der Waals surface area contributed by atoms with Crippen LogP contribution in [0, 0.1) is 11.6 Å². The van der Waals surface area contributed by atoms with Gasteiger partial charge in [-0.3, -0.25) is 0 Å². The van der Waals surface area contributed by atoms with Crippen LogP contribution in [0.15, 0.2) is 58.5 Å². The SMILES string of the molecule is OCC1OC(Sc2ccc(Cl)c(Cl)c2)C(OCc2cocn2)C(n2cc(-c3cc(F)c(Cl)c(F)c3)nn2)C1O. The molecule has 4 aromatic rings. The van der Waals surface area contributed by atoms with Crippen LogP contribution in [0.3, 0.4) is 0 Å². The fraction of sp³-hybridized carbons (Fsp3) is 0.292. The van der Waals surface area contributed by atoms with E-state index in [4.69, 9.17) is 48.7 Å². The van der Waals surface area contributed by atoms with Gasteiger partial charge in [0.25, 0.3) is 0 Å². The Morgan fingerprint density at radius 1 is 1.10 bits per heavy atom. The number of aliphatic hydroxyl groups is 2. The Hall–Kier alpha value is -2.29. The topological polar surface area (TPSA) is 116 Å². The lowest BCUT2D eigenvalue weighted by atomic mass is 9.97. The molecule has 2 aromatic carbocycles. The zero-order valence-electron chi connectivity index (χ0n) is 19.6. The number of hydrogen-bond donors (Lipinski definition) is 2. The summed E-state index contributed by atoms with van der Waals surface area (Å²) < 4.78 is 46.7. The van der Waals surface area contributed by atoms with Gasteiger partial charge in [-0.2, -0.15) is 0 Å². The molecular formula is C24H19Cl3F2N4O5S. The van der Waals surface area contributed by atoms with Crippen molar-refractivity contribution in [3.05, 3.63) is 81.6 Å². The molecule has 1 saturated heterocycles. The smallest absolute Gasteiger partial charge is 0.180 e. The number of hydrogen-bond acceptors (Lipinski definition) is 9. The summed E-state index contributed by atoms with van der Waals surface area (Å²) >= 11 is 19.1. The van der Waals surface area contributed by atoms with Gasteiger partial charge in [0.2, 0.25) is 0 Å². The first-order valence-electron chi connectivity index (χ1n) is 11.4. The fourth-order valence-corrected chi connectivity index (χ4v) is 5.71. The quantitative estimate of drug-likeness (QED) is 0.258. The van der Waals surface area contributed by atoms with Crippen LogP contribution in [0.2, 0.25) is 15.1 Å². The van der Waals surface area contributed by atoms with Crippen molar-refractivity contribution in [1.29, 1.82) is 0 Å². The molecule has 0 spiro atoms. The lowest BCUT2D eigenvalue weighted by Crippen LogP contribution is -2.55. The minimum absolute atomic E-state index is 0.00880. The maximum atomic E-state index is 14.1. The molecule has 3 heterocycles. The van der Waals surface area contributed by atoms with Crippen molar-refractivity contribution in [3.8, 4) is 11.3 Å². The fourth-order valence-electron chi connectivity index (χ4n) is 4.07. The molecule has 0 amide bonds. The largest absolute Gasteiger partial charge is 0.451 e. The summed E-state index contributed by atoms with van der Waals surface area (Å²) in [7, 11) is 0. The minimum Gasteiger partial charge on any atom is -0.451 e. The number of halogens is 5. The second-order valence-corrected chi connectivity index (χ2v) is 10.9. The predicted octanol–water partition coefficient (Wildman–Crippen LogP) is 5.17. The number of ether oxygens (including phenoxy) is 2. The van der Waals surface area contributed by atoms with Gasteiger partial charge in [-0.1, -0.05) is 51.8 Å². The van der Waals surface area contributed by atoms with E-state index in [2.05, 4.69) is 15.3 Å². The van der Waals surface area contributed by atoms with Gasteiger partial charge in [-0.25, -0.2) is 18.4 Å². The molecule has 1 aliphatic heterocycles. The van der Waals surface area contributed by atoms with Crippen LogP contribution in [0.5, 0.6) is 0 Å². The van der Waals surface area contributed by atoms with E-state index in [-0.39, 0.29) is 17.9 Å². The second kappa shape index (κ2) is 12.1. The molecule has 0 bridgehead atoms. The normalized spacial score (nSPS) is 23.3. The highest BCUT2D eigenvalue weighted by molar-refractivity contribution is 7.99. The maximum absolute atomic E-state index is 14.1. The van der Waals surface area contributed by atoms with Gasteiger partial charge in [0.05, 0.1) is 29.5 Å². The molecule has 1 aliphatic rings. The van der Waals surface area contributed by atoms with Crippen molar-refractivity contribution < 1.29 is 32.9 Å². The molecule has 15 heteroatoms. The molecule has 0 radical (unpaired) electrons. The van der Waals surface area contributed by atoms with E-state index in [1.165, 1.54) is 35.3 Å². The van der Waals surface area contributed by atoms with Crippen LogP contribution in [0.4, 0.5) is 8.78 Å². The molecule has 39 heavy (non-hydrogen) atoms. The van der Waals surface area contributed by atoms with E-state index < -0.39 is 53.1 Å². The maximum Gasteiger partial charge on any atom is 0.180 e. The average Bonchev–Trinajstić information content (AvgIpc) is 3.61. The molecule has 2 aromatic heterocycles. The summed E-state index contributed by atoms with van der Waals surface area (Å²) in [5, 5.41) is 29.4. The van der Waals surface area contributed by atoms with Gasteiger partial charge < -0.3 is 24.1 Å². The van der Waals surface area contributed by atoms with E-state index in [0.717, 1.165) is 12.1 Å². The molecule has 0 saturated carbocycles. The zero-order valence-corrected chi connectivity index (χ0v) is 22.7. The Labute approximate surface area is 239 Å². The van der Waals surface area contributed by atoms with E-state index in [0.29, 0.717) is 20.6 Å². The van der Waals surface area contributed by atoms with Crippen molar-refractivity contribution in [2.45, 2.75) is 41.3 Å². The summed E-state index contributed by atoms with van der Waals surface area (Å²) in [4.78, 5) is 4.74. The van der Waals surface area contributed by atoms with Crippen LogP contribution >= 0.6 is 46.6 Å². The molecule has 5 unspecified atom stereocenters. The highest BCUT2D eigenvalue weighted by atomic mass is 35.5. The molecule has 206 valence electrons. The van der Waals surface area contributed by atoms with E-state index in [1.54, 1.807) is 18.2 Å². The second-order valence-electron chi connectivity index (χ2n) is 8.49. The summed E-state index contributed by atoms with van der Waals surface area (Å²) in [6, 6.07) is 6.12. The van der Waals surface area contributed by atoms with Crippen molar-refractivity contribution in [1.82, 2.24) is 20.0 Å². The number of aromatic nitrogens is 4. The lowest BCUT2D eigenvalue weighted by Gasteiger charge is -2.43. The van der Waals surface area contributed by atoms with Crippen LogP contribution < -0.4 is 0 Å². The number of thioether (sulfide) groups is 1. The number of nitrogens with zero attached hydrogens (tertiary/aromatic N) is 4. The van der Waals surface area contributed by atoms with Gasteiger partial charge in [-0.15, -0.1) is 5.10 Å². The highest BCUT2D eigenvalue weighted by Crippen LogP contribution is 2.41. The molecule has 9 nitrogen and oxygen atoms in total. The molecular weight excluding hydrogens is 601 g/mol. The van der Waals surface area contributed by atoms with Crippen LogP contribution in [0.1, 0.15) is 11.7 Å². The van der Waals surface area contributed by atoms with Crippen LogP contribution in [-0.2, 0) is 16.1 Å². The first kappa shape index (κ1) is 28.2. The lowest BCUT2D eigenvalue weighted by molar-refractivity contribution is -0.196. The van der Waals surface area contributed by atoms with E-state index >= 15 is 0 Å². The van der Waals surface area contributed by atoms with Gasteiger partial charge in [0.15, 0.2) is 6.39 Å². The summed E-state index contributed by atoms with van der Waals surface area (Å²) in [6.07, 6.45) is 0.830. The first-order valence-corrected chi connectivity index (χ1v) is 13.4.